The molecule has 1 heterocycles. The molecular weight excluding hydrogens is 417 g/mol. The predicted molar refractivity (Wildman–Crippen MR) is 119 cm³/mol. The maximum absolute atomic E-state index is 13.4. The van der Waals surface area contributed by atoms with Gasteiger partial charge in [0.25, 0.3) is 0 Å². The lowest BCUT2D eigenvalue weighted by Crippen LogP contribution is -2.45. The van der Waals surface area contributed by atoms with Crippen LogP contribution in [0.2, 0.25) is 0 Å². The number of carbonyl (C=O) groups excluding carboxylic acids is 1. The molecule has 172 valence electrons. The van der Waals surface area contributed by atoms with Gasteiger partial charge in [-0.05, 0) is 61.6 Å². The first-order valence-corrected chi connectivity index (χ1v) is 11.3. The van der Waals surface area contributed by atoms with Gasteiger partial charge in [0.1, 0.15) is 0 Å². The van der Waals surface area contributed by atoms with Crippen LogP contribution in [0.4, 0.5) is 24.5 Å². The number of halogens is 3. The first-order chi connectivity index (χ1) is 15.4. The zero-order valence-corrected chi connectivity index (χ0v) is 18.0. The fraction of sp³-hybridized carbons (Fsp3) is 0.480. The Kier molecular flexibility index (Phi) is 6.74. The van der Waals surface area contributed by atoms with E-state index in [1.54, 1.807) is 6.07 Å². The fourth-order valence-electron chi connectivity index (χ4n) is 4.74. The van der Waals surface area contributed by atoms with Crippen LogP contribution in [0.5, 0.6) is 0 Å². The van der Waals surface area contributed by atoms with Crippen molar-refractivity contribution in [2.45, 2.75) is 62.6 Å². The molecule has 0 atom stereocenters. The van der Waals surface area contributed by atoms with Gasteiger partial charge in [-0.2, -0.15) is 13.2 Å². The zero-order valence-electron chi connectivity index (χ0n) is 18.0. The maximum Gasteiger partial charge on any atom is 0.416 e. The van der Waals surface area contributed by atoms with E-state index in [0.717, 1.165) is 17.8 Å². The minimum absolute atomic E-state index is 0.298. The lowest BCUT2D eigenvalue weighted by molar-refractivity contribution is -0.138. The Morgan fingerprint density at radius 1 is 0.938 bits per heavy atom. The summed E-state index contributed by atoms with van der Waals surface area (Å²) in [7, 11) is 0. The molecule has 1 saturated heterocycles. The number of anilines is 2. The summed E-state index contributed by atoms with van der Waals surface area (Å²) in [5.74, 6) is -0.298. The van der Waals surface area contributed by atoms with Gasteiger partial charge in [0.15, 0.2) is 0 Å². The van der Waals surface area contributed by atoms with Crippen molar-refractivity contribution < 1.29 is 22.7 Å². The van der Waals surface area contributed by atoms with E-state index < -0.39 is 17.2 Å². The van der Waals surface area contributed by atoms with Gasteiger partial charge in [-0.3, -0.25) is 4.79 Å². The molecule has 4 nitrogen and oxygen atoms in total. The summed E-state index contributed by atoms with van der Waals surface area (Å²) < 4.78 is 45.3. The third-order valence-electron chi connectivity index (χ3n) is 6.64. The molecule has 2 N–H and O–H groups in total. The minimum atomic E-state index is -4.46. The number of rotatable bonds is 5. The monoisotopic (exact) mass is 446 g/mol. The van der Waals surface area contributed by atoms with Gasteiger partial charge in [0.05, 0.1) is 11.0 Å². The van der Waals surface area contributed by atoms with Crippen LogP contribution in [0.15, 0.2) is 48.5 Å². The third kappa shape index (κ3) is 5.09. The van der Waals surface area contributed by atoms with Gasteiger partial charge in [0.2, 0.25) is 5.91 Å². The molecule has 4 rings (SSSR count). The molecule has 2 aromatic rings. The van der Waals surface area contributed by atoms with Crippen molar-refractivity contribution in [3.8, 4) is 0 Å². The van der Waals surface area contributed by atoms with E-state index in [1.165, 1.54) is 38.2 Å². The maximum atomic E-state index is 13.4. The number of benzene rings is 2. The molecule has 1 saturated carbocycles. The van der Waals surface area contributed by atoms with E-state index in [2.05, 4.69) is 10.6 Å². The van der Waals surface area contributed by atoms with Crippen LogP contribution in [-0.4, -0.2) is 25.2 Å². The van der Waals surface area contributed by atoms with E-state index in [0.29, 0.717) is 43.3 Å². The Morgan fingerprint density at radius 3 is 2.25 bits per heavy atom. The lowest BCUT2D eigenvalue weighted by Gasteiger charge is -2.36. The summed E-state index contributed by atoms with van der Waals surface area (Å²) in [6.07, 6.45) is 2.32. The molecule has 0 radical (unpaired) electrons. The standard InChI is InChI=1S/C25H29F3N2O2/c26-25(27,28)19-6-4-5-18(17-19)24(13-15-32-16-14-24)23(31)30-22-11-9-21(10-12-22)29-20-7-2-1-3-8-20/h4-6,9-12,17,20,29H,1-3,7-8,13-16H2,(H,30,31). The predicted octanol–water partition coefficient (Wildman–Crippen LogP) is 6.14. The topological polar surface area (TPSA) is 50.4 Å². The van der Waals surface area contributed by atoms with Crippen LogP contribution in [-0.2, 0) is 21.1 Å². The Bertz CT molecular complexity index is 916. The number of ether oxygens (including phenoxy) is 1. The molecule has 0 aromatic heterocycles. The van der Waals surface area contributed by atoms with Crippen LogP contribution in [0.1, 0.15) is 56.1 Å². The quantitative estimate of drug-likeness (QED) is 0.580. The molecular formula is C25H29F3N2O2. The van der Waals surface area contributed by atoms with E-state index in [4.69, 9.17) is 4.74 Å². The van der Waals surface area contributed by atoms with Crippen LogP contribution >= 0.6 is 0 Å². The SMILES string of the molecule is O=C(Nc1ccc(NC2CCCCC2)cc1)C1(c2cccc(C(F)(F)F)c2)CCOCC1. The lowest BCUT2D eigenvalue weighted by atomic mass is 9.73. The molecule has 2 aromatic carbocycles. The Morgan fingerprint density at radius 2 is 1.59 bits per heavy atom. The van der Waals surface area contributed by atoms with Crippen molar-refractivity contribution in [1.82, 2.24) is 0 Å². The summed E-state index contributed by atoms with van der Waals surface area (Å²) in [4.78, 5) is 13.4. The molecule has 1 aliphatic carbocycles. The number of nitrogens with one attached hydrogen (secondary N) is 2. The smallest absolute Gasteiger partial charge is 0.382 e. The van der Waals surface area contributed by atoms with Crippen LogP contribution in [0.3, 0.4) is 0 Å². The van der Waals surface area contributed by atoms with Gasteiger partial charge in [-0.25, -0.2) is 0 Å². The van der Waals surface area contributed by atoms with Crippen molar-refractivity contribution >= 4 is 17.3 Å². The highest BCUT2D eigenvalue weighted by Crippen LogP contribution is 2.39. The van der Waals surface area contributed by atoms with E-state index in [1.807, 2.05) is 24.3 Å². The van der Waals surface area contributed by atoms with Crippen molar-refractivity contribution in [2.75, 3.05) is 23.8 Å². The Labute approximate surface area is 186 Å². The number of carbonyl (C=O) groups is 1. The number of alkyl halides is 3. The van der Waals surface area contributed by atoms with Crippen molar-refractivity contribution in [3.63, 3.8) is 0 Å². The minimum Gasteiger partial charge on any atom is -0.382 e. The van der Waals surface area contributed by atoms with Crippen molar-refractivity contribution in [2.24, 2.45) is 0 Å². The Balaban J connectivity index is 1.51. The van der Waals surface area contributed by atoms with Crippen molar-refractivity contribution in [3.05, 3.63) is 59.7 Å². The molecule has 2 fully saturated rings. The van der Waals surface area contributed by atoms with E-state index >= 15 is 0 Å². The van der Waals surface area contributed by atoms with Crippen LogP contribution < -0.4 is 10.6 Å². The van der Waals surface area contributed by atoms with Crippen molar-refractivity contribution in [1.29, 1.82) is 0 Å². The molecule has 7 heteroatoms. The molecule has 1 amide bonds. The molecule has 1 aliphatic heterocycles. The van der Waals surface area contributed by atoms with Gasteiger partial charge < -0.3 is 15.4 Å². The summed E-state index contributed by atoms with van der Waals surface area (Å²) in [6.45, 7) is 0.655. The number of amides is 1. The van der Waals surface area contributed by atoms with Gasteiger partial charge in [-0.15, -0.1) is 0 Å². The van der Waals surface area contributed by atoms with Crippen LogP contribution in [0, 0.1) is 0 Å². The summed E-state index contributed by atoms with van der Waals surface area (Å²) >= 11 is 0. The highest BCUT2D eigenvalue weighted by atomic mass is 19.4. The number of hydrogen-bond donors (Lipinski definition) is 2. The van der Waals surface area contributed by atoms with E-state index in [-0.39, 0.29) is 5.91 Å². The Hall–Kier alpha value is -2.54. The van der Waals surface area contributed by atoms with E-state index in [9.17, 15) is 18.0 Å². The molecule has 32 heavy (non-hydrogen) atoms. The number of hydrogen-bond acceptors (Lipinski definition) is 3. The first-order valence-electron chi connectivity index (χ1n) is 11.3. The molecule has 0 bridgehead atoms. The highest BCUT2D eigenvalue weighted by Gasteiger charge is 2.43. The average Bonchev–Trinajstić information content (AvgIpc) is 2.81. The second-order valence-electron chi connectivity index (χ2n) is 8.78. The highest BCUT2D eigenvalue weighted by molar-refractivity contribution is 5.99. The van der Waals surface area contributed by atoms with Gasteiger partial charge >= 0.3 is 6.18 Å². The summed E-state index contributed by atoms with van der Waals surface area (Å²) in [5.41, 5.74) is 0.213. The second kappa shape index (κ2) is 9.53. The molecule has 0 spiro atoms. The molecule has 2 aliphatic rings. The summed E-state index contributed by atoms with van der Waals surface area (Å²) in [5, 5.41) is 6.48. The average molecular weight is 447 g/mol. The summed E-state index contributed by atoms with van der Waals surface area (Å²) in [6, 6.07) is 13.1. The normalized spacial score (nSPS) is 19.3. The first kappa shape index (κ1) is 22.6. The third-order valence-corrected chi connectivity index (χ3v) is 6.64. The molecule has 0 unspecified atom stereocenters. The fourth-order valence-corrected chi connectivity index (χ4v) is 4.74. The zero-order chi connectivity index (χ0) is 22.6. The van der Waals surface area contributed by atoms with Gasteiger partial charge in [-0.1, -0.05) is 37.5 Å². The van der Waals surface area contributed by atoms with Crippen LogP contribution in [0.25, 0.3) is 0 Å². The van der Waals surface area contributed by atoms with Gasteiger partial charge in [0, 0.05) is 30.6 Å². The second-order valence-corrected chi connectivity index (χ2v) is 8.78. The largest absolute Gasteiger partial charge is 0.416 e.